The van der Waals surface area contributed by atoms with Gasteiger partial charge in [-0.25, -0.2) is 27.7 Å². The van der Waals surface area contributed by atoms with Gasteiger partial charge in [-0.05, 0) is 112 Å². The molecule has 5 N–H and O–H groups in total. The van der Waals surface area contributed by atoms with Crippen LogP contribution in [0.3, 0.4) is 0 Å². The molecule has 0 spiro atoms. The summed E-state index contributed by atoms with van der Waals surface area (Å²) in [5.41, 5.74) is 2.98. The molecule has 4 aromatic rings. The van der Waals surface area contributed by atoms with E-state index in [9.17, 15) is 43.1 Å². The molecule has 2 fully saturated rings. The number of carbonyl (C=O) groups is 3. The molecule has 0 radical (unpaired) electrons. The number of nitro benzene ring substituents is 1. The molecule has 1 aliphatic carbocycles. The SMILES string of the molecule is CC1(C)CCC(CN2CCN(c3ccc(C(=O)NS(=O)(=O)c4ccc(NCC5CCOCC5)c([N+](=O)[O-])c4)c(Oc4cc(NC(=O)O)nc(N(C(=O)O)C(C)(C)C)c4)c3)CC2)=C(c2ccc(Cl)cc2)C1. The second kappa shape index (κ2) is 21.3. The Morgan fingerprint density at radius 3 is 2.33 bits per heavy atom. The number of allylic oxidation sites excluding steroid dienone is 1. The van der Waals surface area contributed by atoms with E-state index in [0.717, 1.165) is 55.7 Å². The summed E-state index contributed by atoms with van der Waals surface area (Å²) in [5, 5.41) is 37.9. The lowest BCUT2D eigenvalue weighted by Crippen LogP contribution is -2.47. The minimum Gasteiger partial charge on any atom is -0.465 e. The Kier molecular flexibility index (Phi) is 15.6. The van der Waals surface area contributed by atoms with Crippen molar-refractivity contribution in [3.8, 4) is 11.5 Å². The van der Waals surface area contributed by atoms with Crippen LogP contribution in [0.4, 0.5) is 38.3 Å². The van der Waals surface area contributed by atoms with E-state index in [1.807, 2.05) is 16.9 Å². The van der Waals surface area contributed by atoms with E-state index in [2.05, 4.69) is 51.4 Å². The summed E-state index contributed by atoms with van der Waals surface area (Å²) in [6.07, 6.45) is 1.65. The topological polar surface area (TPSA) is 246 Å². The molecular weight excluding hydrogens is 944 g/mol. The number of nitrogens with one attached hydrogen (secondary N) is 3. The summed E-state index contributed by atoms with van der Waals surface area (Å²) in [6, 6.07) is 18.4. The summed E-state index contributed by atoms with van der Waals surface area (Å²) in [4.78, 5) is 59.1. The highest BCUT2D eigenvalue weighted by molar-refractivity contribution is 7.90. The molecule has 1 aromatic heterocycles. The molecule has 3 amide bonds. The van der Waals surface area contributed by atoms with E-state index >= 15 is 0 Å². The fraction of sp³-hybridized carbons (Fsp3) is 0.429. The smallest absolute Gasteiger partial charge is 0.413 e. The first-order valence-electron chi connectivity index (χ1n) is 23.0. The fourth-order valence-electron chi connectivity index (χ4n) is 8.99. The molecular formula is C49H59ClN8O11S. The molecule has 7 rings (SSSR count). The first-order chi connectivity index (χ1) is 33.0. The third kappa shape index (κ3) is 12.8. The number of hydrogen-bond acceptors (Lipinski definition) is 13. The Morgan fingerprint density at radius 1 is 0.986 bits per heavy atom. The minimum atomic E-state index is -4.74. The molecule has 0 bridgehead atoms. The van der Waals surface area contributed by atoms with Crippen molar-refractivity contribution in [2.24, 2.45) is 11.3 Å². The molecule has 3 heterocycles. The van der Waals surface area contributed by atoms with Gasteiger partial charge in [-0.15, -0.1) is 0 Å². The van der Waals surface area contributed by atoms with E-state index in [1.165, 1.54) is 41.0 Å². The quantitative estimate of drug-likeness (QED) is 0.0550. The number of pyridine rings is 1. The molecule has 3 aromatic carbocycles. The lowest BCUT2D eigenvalue weighted by Gasteiger charge is -2.39. The molecule has 70 heavy (non-hydrogen) atoms. The van der Waals surface area contributed by atoms with Crippen LogP contribution in [0.1, 0.15) is 82.6 Å². The lowest BCUT2D eigenvalue weighted by atomic mass is 9.72. The highest BCUT2D eigenvalue weighted by Crippen LogP contribution is 2.44. The molecule has 0 saturated carbocycles. The predicted molar refractivity (Wildman–Crippen MR) is 267 cm³/mol. The van der Waals surface area contributed by atoms with Crippen LogP contribution >= 0.6 is 11.6 Å². The lowest BCUT2D eigenvalue weighted by molar-refractivity contribution is -0.384. The van der Waals surface area contributed by atoms with Crippen molar-refractivity contribution in [2.75, 3.05) is 72.9 Å². The number of carbonyl (C=O) groups excluding carboxylic acids is 1. The van der Waals surface area contributed by atoms with Crippen LogP contribution in [0.5, 0.6) is 11.5 Å². The van der Waals surface area contributed by atoms with Gasteiger partial charge in [0.1, 0.15) is 28.8 Å². The summed E-state index contributed by atoms with van der Waals surface area (Å²) >= 11 is 6.25. The zero-order chi connectivity index (χ0) is 50.5. The van der Waals surface area contributed by atoms with Gasteiger partial charge in [0.15, 0.2) is 0 Å². The summed E-state index contributed by atoms with van der Waals surface area (Å²) in [6.45, 7) is 14.4. The van der Waals surface area contributed by atoms with Crippen molar-refractivity contribution in [3.05, 3.63) is 105 Å². The van der Waals surface area contributed by atoms with E-state index in [0.29, 0.717) is 56.6 Å². The van der Waals surface area contributed by atoms with E-state index < -0.39 is 49.2 Å². The molecule has 0 atom stereocenters. The van der Waals surface area contributed by atoms with Crippen molar-refractivity contribution < 1.29 is 47.4 Å². The Hall–Kier alpha value is -6.48. The van der Waals surface area contributed by atoms with Crippen LogP contribution in [0.2, 0.25) is 5.02 Å². The first-order valence-corrected chi connectivity index (χ1v) is 24.9. The number of benzene rings is 3. The maximum Gasteiger partial charge on any atom is 0.413 e. The van der Waals surface area contributed by atoms with Gasteiger partial charge >= 0.3 is 12.2 Å². The average Bonchev–Trinajstić information content (AvgIpc) is 3.28. The van der Waals surface area contributed by atoms with Crippen molar-refractivity contribution in [1.29, 1.82) is 0 Å². The predicted octanol–water partition coefficient (Wildman–Crippen LogP) is 9.55. The zero-order valence-corrected chi connectivity index (χ0v) is 41.4. The molecule has 3 aliphatic rings. The Bertz CT molecular complexity index is 2770. The molecule has 0 unspecified atom stereocenters. The van der Waals surface area contributed by atoms with Gasteiger partial charge in [0.2, 0.25) is 0 Å². The maximum absolute atomic E-state index is 14.2. The number of nitro groups is 1. The van der Waals surface area contributed by atoms with Crippen molar-refractivity contribution in [3.63, 3.8) is 0 Å². The van der Waals surface area contributed by atoms with E-state index in [1.54, 1.807) is 32.9 Å². The van der Waals surface area contributed by atoms with Crippen molar-refractivity contribution in [2.45, 2.75) is 77.2 Å². The Balaban J connectivity index is 1.18. The van der Waals surface area contributed by atoms with Gasteiger partial charge in [-0.1, -0.05) is 43.2 Å². The summed E-state index contributed by atoms with van der Waals surface area (Å²) < 4.78 is 41.5. The highest BCUT2D eigenvalue weighted by atomic mass is 35.5. The van der Waals surface area contributed by atoms with Crippen LogP contribution in [-0.4, -0.2) is 110 Å². The van der Waals surface area contributed by atoms with Gasteiger partial charge in [0.25, 0.3) is 21.6 Å². The van der Waals surface area contributed by atoms with Crippen LogP contribution in [-0.2, 0) is 14.8 Å². The first kappa shape index (κ1) is 51.4. The van der Waals surface area contributed by atoms with Gasteiger partial charge in [-0.3, -0.25) is 30.0 Å². The number of aromatic nitrogens is 1. The minimum absolute atomic E-state index is 0.119. The maximum atomic E-state index is 14.2. The highest BCUT2D eigenvalue weighted by Gasteiger charge is 2.33. The standard InChI is InChI=1S/C49H59ClN8O11S/c1-48(2,3)57(47(62)63)44-26-36(25-43(52-44)53-46(60)61)69-42-24-35(56-20-18-55(19-21-56)30-33-14-17-49(4,5)28-39(33)32-6-8-34(50)9-7-32)10-12-38(42)45(59)54-70(66,67)37-11-13-40(41(27-37)58(64)65)51-29-31-15-22-68-23-16-31/h6-13,24-27,31,51H,14-23,28-30H2,1-5H3,(H,52,53)(H,54,59)(H,60,61)(H,62,63). The number of carboxylic acid groups (broad SMARTS) is 2. The number of hydrogen-bond donors (Lipinski definition) is 5. The Morgan fingerprint density at radius 2 is 1.69 bits per heavy atom. The molecule has 19 nitrogen and oxygen atoms in total. The third-order valence-electron chi connectivity index (χ3n) is 12.7. The van der Waals surface area contributed by atoms with E-state index in [-0.39, 0.29) is 45.7 Å². The number of anilines is 4. The largest absolute Gasteiger partial charge is 0.465 e. The summed E-state index contributed by atoms with van der Waals surface area (Å²) in [7, 11) is -4.74. The normalized spacial score (nSPS) is 16.9. The number of halogens is 1. The molecule has 21 heteroatoms. The van der Waals surface area contributed by atoms with Crippen LogP contribution in [0.25, 0.3) is 5.57 Å². The zero-order valence-electron chi connectivity index (χ0n) is 39.8. The van der Waals surface area contributed by atoms with Crippen LogP contribution in [0, 0.1) is 21.4 Å². The van der Waals surface area contributed by atoms with Gasteiger partial charge < -0.3 is 29.9 Å². The molecule has 374 valence electrons. The second-order valence-electron chi connectivity index (χ2n) is 19.5. The number of piperazine rings is 1. The fourth-order valence-corrected chi connectivity index (χ4v) is 10.1. The van der Waals surface area contributed by atoms with Gasteiger partial charge in [-0.2, -0.15) is 0 Å². The van der Waals surface area contributed by atoms with Crippen molar-refractivity contribution >= 4 is 74.0 Å². The van der Waals surface area contributed by atoms with Gasteiger partial charge in [0, 0.05) is 93.0 Å². The summed E-state index contributed by atoms with van der Waals surface area (Å²) in [5.74, 6) is -1.72. The Labute approximate surface area is 412 Å². The second-order valence-corrected chi connectivity index (χ2v) is 21.7. The molecule has 2 saturated heterocycles. The monoisotopic (exact) mass is 1000 g/mol. The number of amides is 3. The van der Waals surface area contributed by atoms with E-state index in [4.69, 9.17) is 21.1 Å². The third-order valence-corrected chi connectivity index (χ3v) is 14.3. The van der Waals surface area contributed by atoms with Crippen LogP contribution in [0.15, 0.2) is 83.3 Å². The average molecular weight is 1000 g/mol. The number of ether oxygens (including phenoxy) is 2. The number of sulfonamides is 1. The van der Waals surface area contributed by atoms with Gasteiger partial charge in [0.05, 0.1) is 15.4 Å². The van der Waals surface area contributed by atoms with Crippen LogP contribution < -0.4 is 29.9 Å². The molecule has 2 aliphatic heterocycles. The number of nitrogens with zero attached hydrogens (tertiary/aromatic N) is 5. The number of rotatable bonds is 15. The van der Waals surface area contributed by atoms with Crippen molar-refractivity contribution in [1.82, 2.24) is 14.6 Å².